The molecule has 1 saturated heterocycles. The molecule has 2 atom stereocenters. The van der Waals surface area contributed by atoms with Crippen molar-refractivity contribution in [1.82, 2.24) is 10.2 Å². The van der Waals surface area contributed by atoms with Crippen LogP contribution in [0, 0.1) is 0 Å². The zero-order valence-corrected chi connectivity index (χ0v) is 12.7. The average Bonchev–Trinajstić information content (AvgIpc) is 2.89. The summed E-state index contributed by atoms with van der Waals surface area (Å²) in [6, 6.07) is 1.97. The van der Waals surface area contributed by atoms with Crippen molar-refractivity contribution in [2.45, 2.75) is 37.8 Å². The van der Waals surface area contributed by atoms with Crippen LogP contribution in [0.15, 0.2) is 11.4 Å². The summed E-state index contributed by atoms with van der Waals surface area (Å²) in [4.78, 5) is 15.9. The van der Waals surface area contributed by atoms with Crippen LogP contribution in [0.3, 0.4) is 0 Å². The van der Waals surface area contributed by atoms with Crippen molar-refractivity contribution in [3.63, 3.8) is 0 Å². The van der Waals surface area contributed by atoms with Crippen LogP contribution >= 0.6 is 11.3 Å². The van der Waals surface area contributed by atoms with Gasteiger partial charge in [-0.05, 0) is 49.7 Å². The zero-order valence-electron chi connectivity index (χ0n) is 11.9. The Balaban J connectivity index is 1.73. The van der Waals surface area contributed by atoms with E-state index in [1.54, 1.807) is 11.3 Å². The number of rotatable bonds is 3. The molecule has 3 rings (SSSR count). The van der Waals surface area contributed by atoms with E-state index in [1.165, 1.54) is 16.9 Å². The first kappa shape index (κ1) is 14.0. The van der Waals surface area contributed by atoms with Crippen LogP contribution in [0.1, 0.15) is 35.7 Å². The van der Waals surface area contributed by atoms with Crippen LogP contribution in [0.4, 0.5) is 0 Å². The van der Waals surface area contributed by atoms with Crippen molar-refractivity contribution in [2.24, 2.45) is 0 Å². The monoisotopic (exact) mass is 294 g/mol. The molecule has 1 N–H and O–H groups in total. The van der Waals surface area contributed by atoms with Crippen LogP contribution < -0.4 is 5.32 Å². The van der Waals surface area contributed by atoms with Crippen LogP contribution in [0.5, 0.6) is 0 Å². The molecule has 0 saturated carbocycles. The fraction of sp³-hybridized carbons (Fsp3) is 0.667. The van der Waals surface area contributed by atoms with E-state index in [0.717, 1.165) is 39.0 Å². The van der Waals surface area contributed by atoms with Gasteiger partial charge < -0.3 is 15.0 Å². The first-order valence-electron chi connectivity index (χ1n) is 7.43. The summed E-state index contributed by atoms with van der Waals surface area (Å²) in [5, 5.41) is 5.27. The zero-order chi connectivity index (χ0) is 13.9. The minimum absolute atomic E-state index is 0.184. The summed E-state index contributed by atoms with van der Waals surface area (Å²) in [5.41, 5.74) is 1.31. The number of likely N-dealkylation sites (N-methyl/N-ethyl adjacent to an activating group) is 1. The molecule has 0 aliphatic carbocycles. The molecular formula is C15H22N2O2S. The molecule has 20 heavy (non-hydrogen) atoms. The van der Waals surface area contributed by atoms with E-state index < -0.39 is 0 Å². The van der Waals surface area contributed by atoms with E-state index in [9.17, 15) is 4.79 Å². The second-order valence-electron chi connectivity index (χ2n) is 5.55. The fourth-order valence-electron chi connectivity index (χ4n) is 3.10. The number of carbonyl (C=O) groups excluding carboxylic acids is 1. The number of carbonyl (C=O) groups is 1. The minimum Gasteiger partial charge on any atom is -0.376 e. The third-order valence-electron chi connectivity index (χ3n) is 4.24. The number of nitrogens with zero attached hydrogens (tertiary/aromatic N) is 1. The predicted octanol–water partition coefficient (Wildman–Crippen LogP) is 1.96. The molecule has 5 heteroatoms. The largest absolute Gasteiger partial charge is 0.376 e. The molecule has 0 bridgehead atoms. The van der Waals surface area contributed by atoms with Gasteiger partial charge in [-0.25, -0.2) is 0 Å². The molecule has 2 aliphatic rings. The number of fused-ring (bicyclic) bond motifs is 1. The van der Waals surface area contributed by atoms with Crippen LogP contribution in [0.2, 0.25) is 0 Å². The van der Waals surface area contributed by atoms with Crippen molar-refractivity contribution in [2.75, 3.05) is 26.7 Å². The lowest BCUT2D eigenvalue weighted by Crippen LogP contribution is -2.44. The lowest BCUT2D eigenvalue weighted by molar-refractivity contribution is -0.135. The fourth-order valence-corrected chi connectivity index (χ4v) is 4.16. The van der Waals surface area contributed by atoms with Crippen molar-refractivity contribution >= 4 is 17.2 Å². The van der Waals surface area contributed by atoms with Crippen molar-refractivity contribution in [1.29, 1.82) is 0 Å². The SMILES string of the molecule is CNC1C(=O)N(CC2CCCCO2)CCc2ccsc21. The quantitative estimate of drug-likeness (QED) is 0.926. The first-order valence-corrected chi connectivity index (χ1v) is 8.31. The molecular weight excluding hydrogens is 272 g/mol. The Labute approximate surface area is 124 Å². The number of ether oxygens (including phenoxy) is 1. The number of hydrogen-bond acceptors (Lipinski definition) is 4. The van der Waals surface area contributed by atoms with E-state index in [2.05, 4.69) is 16.8 Å². The Morgan fingerprint density at radius 2 is 2.40 bits per heavy atom. The van der Waals surface area contributed by atoms with Crippen molar-refractivity contribution in [3.05, 3.63) is 21.9 Å². The summed E-state index contributed by atoms with van der Waals surface area (Å²) in [6.07, 6.45) is 4.63. The van der Waals surface area contributed by atoms with Gasteiger partial charge in [-0.3, -0.25) is 4.79 Å². The summed E-state index contributed by atoms with van der Waals surface area (Å²) >= 11 is 1.68. The van der Waals surface area contributed by atoms with Gasteiger partial charge in [-0.2, -0.15) is 0 Å². The van der Waals surface area contributed by atoms with E-state index in [1.807, 2.05) is 11.9 Å². The molecule has 2 aliphatic heterocycles. The maximum Gasteiger partial charge on any atom is 0.245 e. The van der Waals surface area contributed by atoms with E-state index in [4.69, 9.17) is 4.74 Å². The predicted molar refractivity (Wildman–Crippen MR) is 80.0 cm³/mol. The third-order valence-corrected chi connectivity index (χ3v) is 5.26. The Morgan fingerprint density at radius 3 is 3.15 bits per heavy atom. The second kappa shape index (κ2) is 6.24. The van der Waals surface area contributed by atoms with Gasteiger partial charge in [-0.15, -0.1) is 11.3 Å². The van der Waals surface area contributed by atoms with Gasteiger partial charge in [0, 0.05) is 24.6 Å². The Morgan fingerprint density at radius 1 is 1.50 bits per heavy atom. The van der Waals surface area contributed by atoms with Crippen LogP contribution in [0.25, 0.3) is 0 Å². The van der Waals surface area contributed by atoms with E-state index >= 15 is 0 Å². The number of nitrogens with one attached hydrogen (secondary N) is 1. The van der Waals surface area contributed by atoms with E-state index in [0.29, 0.717) is 0 Å². The van der Waals surface area contributed by atoms with Gasteiger partial charge in [0.15, 0.2) is 0 Å². The molecule has 2 unspecified atom stereocenters. The normalized spacial score (nSPS) is 27.2. The standard InChI is InChI=1S/C15H22N2O2S/c1-16-13-14-11(6-9-20-14)5-7-17(15(13)18)10-12-4-2-3-8-19-12/h6,9,12-13,16H,2-5,7-8,10H2,1H3. The topological polar surface area (TPSA) is 41.6 Å². The third kappa shape index (κ3) is 2.75. The highest BCUT2D eigenvalue weighted by atomic mass is 32.1. The molecule has 0 aromatic carbocycles. The molecule has 0 radical (unpaired) electrons. The van der Waals surface area contributed by atoms with Gasteiger partial charge in [0.2, 0.25) is 5.91 Å². The van der Waals surface area contributed by atoms with Gasteiger partial charge in [0.1, 0.15) is 6.04 Å². The highest BCUT2D eigenvalue weighted by Crippen LogP contribution is 2.30. The van der Waals surface area contributed by atoms with Crippen molar-refractivity contribution in [3.8, 4) is 0 Å². The Hall–Kier alpha value is -0.910. The molecule has 110 valence electrons. The first-order chi connectivity index (χ1) is 9.79. The van der Waals surface area contributed by atoms with Gasteiger partial charge >= 0.3 is 0 Å². The van der Waals surface area contributed by atoms with Gasteiger partial charge in [0.25, 0.3) is 0 Å². The van der Waals surface area contributed by atoms with Crippen LogP contribution in [-0.2, 0) is 16.0 Å². The van der Waals surface area contributed by atoms with Crippen molar-refractivity contribution < 1.29 is 9.53 Å². The Kier molecular flexibility index (Phi) is 4.38. The smallest absolute Gasteiger partial charge is 0.245 e. The molecule has 1 fully saturated rings. The lowest BCUT2D eigenvalue weighted by Gasteiger charge is -2.30. The number of amides is 1. The summed E-state index contributed by atoms with van der Waals surface area (Å²) < 4.78 is 5.79. The molecule has 1 amide bonds. The molecule has 1 aromatic rings. The minimum atomic E-state index is -0.184. The van der Waals surface area contributed by atoms with E-state index in [-0.39, 0.29) is 18.1 Å². The molecule has 0 spiro atoms. The summed E-state index contributed by atoms with van der Waals surface area (Å²) in [7, 11) is 1.87. The Bertz CT molecular complexity index is 468. The maximum atomic E-state index is 12.7. The van der Waals surface area contributed by atoms with Gasteiger partial charge in [0.05, 0.1) is 6.10 Å². The number of hydrogen-bond donors (Lipinski definition) is 1. The molecule has 4 nitrogen and oxygen atoms in total. The lowest BCUT2D eigenvalue weighted by atomic mass is 10.1. The highest BCUT2D eigenvalue weighted by Gasteiger charge is 2.32. The second-order valence-corrected chi connectivity index (χ2v) is 6.50. The molecule has 1 aromatic heterocycles. The summed E-state index contributed by atoms with van der Waals surface area (Å²) in [6.45, 7) is 2.39. The maximum absolute atomic E-state index is 12.7. The highest BCUT2D eigenvalue weighted by molar-refractivity contribution is 7.10. The average molecular weight is 294 g/mol. The van der Waals surface area contributed by atoms with Crippen LogP contribution in [-0.4, -0.2) is 43.7 Å². The summed E-state index contributed by atoms with van der Waals surface area (Å²) in [5.74, 6) is 0.197. The molecule has 3 heterocycles. The van der Waals surface area contributed by atoms with Gasteiger partial charge in [-0.1, -0.05) is 0 Å². The number of thiophene rings is 1.